The maximum Gasteiger partial charge on any atom is 0.261 e. The van der Waals surface area contributed by atoms with E-state index in [1.165, 1.54) is 0 Å². The Morgan fingerprint density at radius 1 is 1.00 bits per heavy atom. The van der Waals surface area contributed by atoms with Gasteiger partial charge < -0.3 is 15.2 Å². The number of hydrogen-bond acceptors (Lipinski definition) is 4. The molecule has 0 unspecified atom stereocenters. The number of benzene rings is 2. The Morgan fingerprint density at radius 2 is 1.54 bits per heavy atom. The fraction of sp³-hybridized carbons (Fsp3) is 0.381. The molecule has 0 atom stereocenters. The standard InChI is InChI=1S/C21H26N2O3/c24-20(22-12-7-13-23-14-16-26-17-15-23)21(25,18-8-3-1-4-9-18)19-10-5-2-6-11-19/h1-6,8-11,25H,7,12-17H2,(H,22,24). The van der Waals surface area contributed by atoms with Gasteiger partial charge in [0.2, 0.25) is 0 Å². The van der Waals surface area contributed by atoms with Crippen LogP contribution in [0.3, 0.4) is 0 Å². The lowest BCUT2D eigenvalue weighted by atomic mass is 9.85. The molecule has 0 aromatic heterocycles. The van der Waals surface area contributed by atoms with Gasteiger partial charge in [0.25, 0.3) is 5.91 Å². The van der Waals surface area contributed by atoms with Crippen molar-refractivity contribution in [3.8, 4) is 0 Å². The summed E-state index contributed by atoms with van der Waals surface area (Å²) in [5, 5.41) is 14.2. The largest absolute Gasteiger partial charge is 0.379 e. The van der Waals surface area contributed by atoms with Gasteiger partial charge in [-0.25, -0.2) is 0 Å². The molecule has 0 bridgehead atoms. The van der Waals surface area contributed by atoms with Crippen LogP contribution >= 0.6 is 0 Å². The van der Waals surface area contributed by atoms with E-state index in [-0.39, 0.29) is 0 Å². The lowest BCUT2D eigenvalue weighted by molar-refractivity contribution is -0.136. The predicted octanol–water partition coefficient (Wildman–Crippen LogP) is 1.76. The Balaban J connectivity index is 1.66. The molecular weight excluding hydrogens is 328 g/mol. The molecule has 1 fully saturated rings. The summed E-state index contributed by atoms with van der Waals surface area (Å²) in [6.45, 7) is 4.86. The third-order valence-electron chi connectivity index (χ3n) is 4.75. The van der Waals surface area contributed by atoms with E-state index in [4.69, 9.17) is 4.74 Å². The van der Waals surface area contributed by atoms with E-state index in [9.17, 15) is 9.90 Å². The summed E-state index contributed by atoms with van der Waals surface area (Å²) in [4.78, 5) is 15.3. The Labute approximate surface area is 154 Å². The summed E-state index contributed by atoms with van der Waals surface area (Å²) >= 11 is 0. The Bertz CT molecular complexity index is 645. The van der Waals surface area contributed by atoms with Crippen molar-refractivity contribution in [2.75, 3.05) is 39.4 Å². The van der Waals surface area contributed by atoms with Gasteiger partial charge in [-0.05, 0) is 24.1 Å². The Kier molecular flexibility index (Phi) is 6.39. The third-order valence-corrected chi connectivity index (χ3v) is 4.75. The van der Waals surface area contributed by atoms with Crippen LogP contribution in [0.2, 0.25) is 0 Å². The van der Waals surface area contributed by atoms with Gasteiger partial charge in [-0.2, -0.15) is 0 Å². The second kappa shape index (κ2) is 8.94. The van der Waals surface area contributed by atoms with Gasteiger partial charge >= 0.3 is 0 Å². The summed E-state index contributed by atoms with van der Waals surface area (Å²) in [6, 6.07) is 18.2. The first-order valence-electron chi connectivity index (χ1n) is 9.13. The van der Waals surface area contributed by atoms with Crippen LogP contribution in [-0.4, -0.2) is 55.3 Å². The number of hydrogen-bond donors (Lipinski definition) is 2. The molecule has 2 aromatic carbocycles. The lowest BCUT2D eigenvalue weighted by Gasteiger charge is -2.29. The first kappa shape index (κ1) is 18.6. The minimum Gasteiger partial charge on any atom is -0.379 e. The Hall–Kier alpha value is -2.21. The van der Waals surface area contributed by atoms with Crippen LogP contribution in [0.5, 0.6) is 0 Å². The summed E-state index contributed by atoms with van der Waals surface area (Å²) < 4.78 is 5.34. The van der Waals surface area contributed by atoms with Gasteiger partial charge in [0, 0.05) is 19.6 Å². The van der Waals surface area contributed by atoms with Crippen LogP contribution < -0.4 is 5.32 Å². The van der Waals surface area contributed by atoms with Crippen LogP contribution in [0, 0.1) is 0 Å². The molecule has 1 saturated heterocycles. The Morgan fingerprint density at radius 3 is 2.08 bits per heavy atom. The van der Waals surface area contributed by atoms with Crippen molar-refractivity contribution in [2.24, 2.45) is 0 Å². The summed E-state index contributed by atoms with van der Waals surface area (Å²) in [6.07, 6.45) is 0.839. The van der Waals surface area contributed by atoms with Crippen molar-refractivity contribution in [1.29, 1.82) is 0 Å². The maximum atomic E-state index is 12.9. The fourth-order valence-electron chi connectivity index (χ4n) is 3.24. The zero-order valence-corrected chi connectivity index (χ0v) is 14.9. The van der Waals surface area contributed by atoms with Crippen molar-refractivity contribution < 1.29 is 14.6 Å². The number of rotatable bonds is 7. The van der Waals surface area contributed by atoms with E-state index in [1.807, 2.05) is 36.4 Å². The molecule has 1 amide bonds. The highest BCUT2D eigenvalue weighted by Crippen LogP contribution is 2.29. The number of nitrogens with one attached hydrogen (secondary N) is 1. The molecule has 0 saturated carbocycles. The smallest absolute Gasteiger partial charge is 0.261 e. The molecule has 1 aliphatic rings. The van der Waals surface area contributed by atoms with Crippen LogP contribution in [0.1, 0.15) is 17.5 Å². The molecule has 138 valence electrons. The minimum atomic E-state index is -1.69. The monoisotopic (exact) mass is 354 g/mol. The number of amides is 1. The average molecular weight is 354 g/mol. The van der Waals surface area contributed by atoms with Crippen LogP contribution in [0.25, 0.3) is 0 Å². The summed E-state index contributed by atoms with van der Waals surface area (Å²) in [5.74, 6) is -0.392. The molecule has 26 heavy (non-hydrogen) atoms. The maximum absolute atomic E-state index is 12.9. The third kappa shape index (κ3) is 4.30. The number of nitrogens with zero attached hydrogens (tertiary/aromatic N) is 1. The van der Waals surface area contributed by atoms with Crippen molar-refractivity contribution in [3.63, 3.8) is 0 Å². The van der Waals surface area contributed by atoms with Gasteiger partial charge in [0.15, 0.2) is 5.60 Å². The zero-order valence-electron chi connectivity index (χ0n) is 14.9. The number of morpholine rings is 1. The molecule has 1 aliphatic heterocycles. The summed E-state index contributed by atoms with van der Waals surface area (Å²) in [5.41, 5.74) is -0.560. The zero-order chi connectivity index (χ0) is 18.2. The second-order valence-corrected chi connectivity index (χ2v) is 6.51. The lowest BCUT2D eigenvalue weighted by Crippen LogP contribution is -2.46. The molecule has 5 nitrogen and oxygen atoms in total. The predicted molar refractivity (Wildman–Crippen MR) is 101 cm³/mol. The normalized spacial score (nSPS) is 15.6. The first-order chi connectivity index (χ1) is 12.7. The highest BCUT2D eigenvalue weighted by Gasteiger charge is 2.39. The van der Waals surface area contributed by atoms with Gasteiger partial charge in [-0.1, -0.05) is 60.7 Å². The average Bonchev–Trinajstić information content (AvgIpc) is 2.72. The highest BCUT2D eigenvalue weighted by atomic mass is 16.5. The van der Waals surface area contributed by atoms with Crippen molar-refractivity contribution >= 4 is 5.91 Å². The topological polar surface area (TPSA) is 61.8 Å². The number of carbonyl (C=O) groups is 1. The van der Waals surface area contributed by atoms with E-state index < -0.39 is 11.5 Å². The van der Waals surface area contributed by atoms with Crippen molar-refractivity contribution in [3.05, 3.63) is 71.8 Å². The van der Waals surface area contributed by atoms with Gasteiger partial charge in [-0.15, -0.1) is 0 Å². The molecule has 3 rings (SSSR count). The number of carbonyl (C=O) groups excluding carboxylic acids is 1. The second-order valence-electron chi connectivity index (χ2n) is 6.51. The number of ether oxygens (including phenoxy) is 1. The first-order valence-corrected chi connectivity index (χ1v) is 9.13. The van der Waals surface area contributed by atoms with E-state index in [0.29, 0.717) is 17.7 Å². The molecule has 0 radical (unpaired) electrons. The number of aliphatic hydroxyl groups is 1. The molecule has 0 aliphatic carbocycles. The highest BCUT2D eigenvalue weighted by molar-refractivity contribution is 5.90. The van der Waals surface area contributed by atoms with E-state index in [0.717, 1.165) is 39.3 Å². The quantitative estimate of drug-likeness (QED) is 0.744. The molecule has 2 N–H and O–H groups in total. The van der Waals surface area contributed by atoms with Gasteiger partial charge in [0.1, 0.15) is 0 Å². The van der Waals surface area contributed by atoms with Gasteiger partial charge in [-0.3, -0.25) is 9.69 Å². The van der Waals surface area contributed by atoms with E-state index in [1.54, 1.807) is 24.3 Å². The van der Waals surface area contributed by atoms with Crippen molar-refractivity contribution in [1.82, 2.24) is 10.2 Å². The van der Waals surface area contributed by atoms with Crippen LogP contribution in [-0.2, 0) is 15.1 Å². The summed E-state index contributed by atoms with van der Waals surface area (Å²) in [7, 11) is 0. The molecule has 2 aromatic rings. The molecule has 0 spiro atoms. The molecular formula is C21H26N2O3. The van der Waals surface area contributed by atoms with Crippen molar-refractivity contribution in [2.45, 2.75) is 12.0 Å². The van der Waals surface area contributed by atoms with Crippen LogP contribution in [0.4, 0.5) is 0 Å². The van der Waals surface area contributed by atoms with Crippen LogP contribution in [0.15, 0.2) is 60.7 Å². The van der Waals surface area contributed by atoms with Gasteiger partial charge in [0.05, 0.1) is 13.2 Å². The fourth-order valence-corrected chi connectivity index (χ4v) is 3.24. The molecule has 1 heterocycles. The SMILES string of the molecule is O=C(NCCCN1CCOCC1)C(O)(c1ccccc1)c1ccccc1. The van der Waals surface area contributed by atoms with E-state index in [2.05, 4.69) is 10.2 Å². The molecule has 5 heteroatoms. The minimum absolute atomic E-state index is 0.392. The van der Waals surface area contributed by atoms with E-state index >= 15 is 0 Å².